The van der Waals surface area contributed by atoms with Gasteiger partial charge in [-0.3, -0.25) is 4.79 Å². The SMILES string of the molecule is NS(=O)(=O)c1ccc(Nc2ncc(Br)c(NC3CCC(=O)CC3)n2)cc1. The van der Waals surface area contributed by atoms with E-state index in [9.17, 15) is 13.2 Å². The standard InChI is InChI=1S/C16H18BrN5O3S/c17-14-9-19-16(21-11-3-7-13(8-4-11)26(18,24)25)22-15(14)20-10-1-5-12(23)6-2-10/h3-4,7-10H,1-2,5-6H2,(H2,18,24,25)(H2,19,20,21,22). The molecule has 0 aliphatic heterocycles. The highest BCUT2D eigenvalue weighted by Crippen LogP contribution is 2.26. The first-order valence-electron chi connectivity index (χ1n) is 8.02. The van der Waals surface area contributed by atoms with Gasteiger partial charge in [-0.1, -0.05) is 0 Å². The Morgan fingerprint density at radius 3 is 2.42 bits per heavy atom. The second kappa shape index (κ2) is 7.68. The van der Waals surface area contributed by atoms with E-state index >= 15 is 0 Å². The third kappa shape index (κ3) is 4.77. The molecule has 1 aliphatic carbocycles. The first-order chi connectivity index (χ1) is 12.3. The molecule has 2 aromatic rings. The monoisotopic (exact) mass is 439 g/mol. The van der Waals surface area contributed by atoms with Gasteiger partial charge in [-0.15, -0.1) is 0 Å². The van der Waals surface area contributed by atoms with E-state index in [0.29, 0.717) is 36.1 Å². The van der Waals surface area contributed by atoms with Crippen LogP contribution in [0.3, 0.4) is 0 Å². The van der Waals surface area contributed by atoms with Crippen molar-refractivity contribution in [2.75, 3.05) is 10.6 Å². The fourth-order valence-corrected chi connectivity index (χ4v) is 3.48. The minimum atomic E-state index is -3.72. The predicted molar refractivity (Wildman–Crippen MR) is 102 cm³/mol. The molecule has 1 heterocycles. The summed E-state index contributed by atoms with van der Waals surface area (Å²) >= 11 is 3.42. The Hall–Kier alpha value is -2.04. The quantitative estimate of drug-likeness (QED) is 0.652. The number of nitrogens with one attached hydrogen (secondary N) is 2. The third-order valence-corrected chi connectivity index (χ3v) is 5.58. The summed E-state index contributed by atoms with van der Waals surface area (Å²) in [7, 11) is -3.72. The summed E-state index contributed by atoms with van der Waals surface area (Å²) in [6, 6.07) is 6.19. The van der Waals surface area contributed by atoms with Gasteiger partial charge < -0.3 is 10.6 Å². The van der Waals surface area contributed by atoms with Gasteiger partial charge in [0.25, 0.3) is 0 Å². The Morgan fingerprint density at radius 2 is 1.81 bits per heavy atom. The van der Waals surface area contributed by atoms with E-state index in [2.05, 4.69) is 36.5 Å². The molecule has 0 spiro atoms. The number of halogens is 1. The van der Waals surface area contributed by atoms with E-state index in [1.165, 1.54) is 12.1 Å². The molecule has 0 amide bonds. The summed E-state index contributed by atoms with van der Waals surface area (Å²) in [5, 5.41) is 11.4. The fraction of sp³-hybridized carbons (Fsp3) is 0.312. The number of benzene rings is 1. The molecule has 3 rings (SSSR count). The lowest BCUT2D eigenvalue weighted by molar-refractivity contribution is -0.120. The van der Waals surface area contributed by atoms with E-state index in [1.807, 2.05) is 0 Å². The maximum atomic E-state index is 11.4. The number of hydrogen-bond acceptors (Lipinski definition) is 7. The number of sulfonamides is 1. The molecule has 26 heavy (non-hydrogen) atoms. The maximum absolute atomic E-state index is 11.4. The molecule has 1 aromatic heterocycles. The molecule has 10 heteroatoms. The number of ketones is 1. The van der Waals surface area contributed by atoms with Crippen molar-refractivity contribution in [2.45, 2.75) is 36.6 Å². The van der Waals surface area contributed by atoms with Crippen LogP contribution in [-0.2, 0) is 14.8 Å². The molecule has 0 atom stereocenters. The first kappa shape index (κ1) is 18.7. The summed E-state index contributed by atoms with van der Waals surface area (Å²) < 4.78 is 23.3. The summed E-state index contributed by atoms with van der Waals surface area (Å²) in [6.07, 6.45) is 4.37. The summed E-state index contributed by atoms with van der Waals surface area (Å²) in [6.45, 7) is 0. The highest BCUT2D eigenvalue weighted by Gasteiger charge is 2.20. The van der Waals surface area contributed by atoms with Gasteiger partial charge in [0.15, 0.2) is 0 Å². The Balaban J connectivity index is 1.72. The van der Waals surface area contributed by atoms with E-state index < -0.39 is 10.0 Å². The molecule has 4 N–H and O–H groups in total. The molecule has 138 valence electrons. The number of anilines is 3. The van der Waals surface area contributed by atoms with Crippen molar-refractivity contribution in [1.29, 1.82) is 0 Å². The normalized spacial score (nSPS) is 15.7. The zero-order valence-electron chi connectivity index (χ0n) is 13.8. The Morgan fingerprint density at radius 1 is 1.15 bits per heavy atom. The number of Topliss-reactive ketones (excluding diaryl/α,β-unsaturated/α-hetero) is 1. The Labute approximate surface area is 159 Å². The van der Waals surface area contributed by atoms with Gasteiger partial charge in [0.2, 0.25) is 16.0 Å². The lowest BCUT2D eigenvalue weighted by atomic mass is 9.94. The van der Waals surface area contributed by atoms with Crippen molar-refractivity contribution in [3.8, 4) is 0 Å². The van der Waals surface area contributed by atoms with Gasteiger partial charge in [-0.05, 0) is 53.0 Å². The van der Waals surface area contributed by atoms with Crippen LogP contribution in [0.1, 0.15) is 25.7 Å². The van der Waals surface area contributed by atoms with Gasteiger partial charge >= 0.3 is 0 Å². The highest BCUT2D eigenvalue weighted by atomic mass is 79.9. The molecule has 0 saturated heterocycles. The van der Waals surface area contributed by atoms with E-state index in [1.54, 1.807) is 18.3 Å². The molecular weight excluding hydrogens is 422 g/mol. The number of carbonyl (C=O) groups is 1. The van der Waals surface area contributed by atoms with Crippen LogP contribution in [0.5, 0.6) is 0 Å². The van der Waals surface area contributed by atoms with Crippen LogP contribution in [0.2, 0.25) is 0 Å². The molecule has 1 fully saturated rings. The number of nitrogens with two attached hydrogens (primary N) is 1. The number of hydrogen-bond donors (Lipinski definition) is 3. The van der Waals surface area contributed by atoms with Crippen molar-refractivity contribution < 1.29 is 13.2 Å². The third-order valence-electron chi connectivity index (χ3n) is 4.07. The van der Waals surface area contributed by atoms with Crippen LogP contribution < -0.4 is 15.8 Å². The summed E-state index contributed by atoms with van der Waals surface area (Å²) in [5.41, 5.74) is 0.633. The van der Waals surface area contributed by atoms with E-state index in [0.717, 1.165) is 17.3 Å². The second-order valence-electron chi connectivity index (χ2n) is 6.04. The van der Waals surface area contributed by atoms with Crippen molar-refractivity contribution in [2.24, 2.45) is 5.14 Å². The van der Waals surface area contributed by atoms with Crippen molar-refractivity contribution in [3.05, 3.63) is 34.9 Å². The number of rotatable bonds is 5. The zero-order valence-corrected chi connectivity index (χ0v) is 16.2. The summed E-state index contributed by atoms with van der Waals surface area (Å²) in [4.78, 5) is 20.0. The molecular formula is C16H18BrN5O3S. The predicted octanol–water partition coefficient (Wildman–Crippen LogP) is 2.55. The van der Waals surface area contributed by atoms with E-state index in [4.69, 9.17) is 5.14 Å². The van der Waals surface area contributed by atoms with Crippen LogP contribution in [0.25, 0.3) is 0 Å². The smallest absolute Gasteiger partial charge is 0.238 e. The number of aromatic nitrogens is 2. The average molecular weight is 440 g/mol. The molecule has 0 unspecified atom stereocenters. The lowest BCUT2D eigenvalue weighted by Gasteiger charge is -2.23. The molecule has 8 nitrogen and oxygen atoms in total. The first-order valence-corrected chi connectivity index (χ1v) is 10.4. The summed E-state index contributed by atoms with van der Waals surface area (Å²) in [5.74, 6) is 1.31. The van der Waals surface area contributed by atoms with E-state index in [-0.39, 0.29) is 10.9 Å². The van der Waals surface area contributed by atoms with Gasteiger partial charge in [-0.2, -0.15) is 4.98 Å². The molecule has 1 saturated carbocycles. The molecule has 1 aliphatic rings. The van der Waals surface area contributed by atoms with Crippen molar-refractivity contribution in [1.82, 2.24) is 9.97 Å². The minimum Gasteiger partial charge on any atom is -0.366 e. The fourth-order valence-electron chi connectivity index (χ4n) is 2.66. The van der Waals surface area contributed by atoms with Gasteiger partial charge in [0, 0.05) is 30.8 Å². The number of primary sulfonamides is 1. The Kier molecular flexibility index (Phi) is 5.54. The minimum absolute atomic E-state index is 0.0361. The van der Waals surface area contributed by atoms with Crippen LogP contribution in [0, 0.1) is 0 Å². The average Bonchev–Trinajstić information content (AvgIpc) is 2.59. The van der Waals surface area contributed by atoms with Gasteiger partial charge in [-0.25, -0.2) is 18.5 Å². The number of nitrogens with zero attached hydrogens (tertiary/aromatic N) is 2. The zero-order chi connectivity index (χ0) is 18.7. The Bertz CT molecular complexity index is 908. The van der Waals surface area contributed by atoms with Crippen LogP contribution in [-0.4, -0.2) is 30.2 Å². The molecule has 1 aromatic carbocycles. The van der Waals surface area contributed by atoms with Crippen LogP contribution >= 0.6 is 15.9 Å². The topological polar surface area (TPSA) is 127 Å². The van der Waals surface area contributed by atoms with Gasteiger partial charge in [0.1, 0.15) is 11.6 Å². The van der Waals surface area contributed by atoms with Crippen LogP contribution in [0.15, 0.2) is 39.8 Å². The van der Waals surface area contributed by atoms with Crippen molar-refractivity contribution >= 4 is 49.2 Å². The van der Waals surface area contributed by atoms with Crippen molar-refractivity contribution in [3.63, 3.8) is 0 Å². The number of carbonyl (C=O) groups excluding carboxylic acids is 1. The largest absolute Gasteiger partial charge is 0.366 e. The molecule has 0 bridgehead atoms. The molecule has 0 radical (unpaired) electrons. The van der Waals surface area contributed by atoms with Crippen LogP contribution in [0.4, 0.5) is 17.5 Å². The second-order valence-corrected chi connectivity index (χ2v) is 8.46. The maximum Gasteiger partial charge on any atom is 0.238 e. The highest BCUT2D eigenvalue weighted by molar-refractivity contribution is 9.10. The lowest BCUT2D eigenvalue weighted by Crippen LogP contribution is -2.26. The van der Waals surface area contributed by atoms with Gasteiger partial charge in [0.05, 0.1) is 9.37 Å².